The molecule has 230 valence electrons. The summed E-state index contributed by atoms with van der Waals surface area (Å²) in [6, 6.07) is 63.3. The standard InChI is InChI=1S/C46H29NOS/c1-2-9-30(10-3-1)35-21-26-42-40(28-35)46-41(14-8-15-43(46)48-42)47(37-24-25-39-38-13-6-7-16-44(38)49-45(39)29-37)36-22-19-32(20-23-36)34-18-17-31-11-4-5-12-33(31)27-34/h1-29H. The fourth-order valence-corrected chi connectivity index (χ4v) is 8.40. The molecule has 0 aliphatic carbocycles. The van der Waals surface area contributed by atoms with Gasteiger partial charge in [0.2, 0.25) is 0 Å². The lowest BCUT2D eigenvalue weighted by Crippen LogP contribution is -2.10. The quantitative estimate of drug-likeness (QED) is 0.186. The summed E-state index contributed by atoms with van der Waals surface area (Å²) in [5.74, 6) is 0. The molecule has 0 aliphatic heterocycles. The van der Waals surface area contributed by atoms with Crippen LogP contribution in [-0.2, 0) is 0 Å². The van der Waals surface area contributed by atoms with Crippen molar-refractivity contribution in [2.45, 2.75) is 0 Å². The molecule has 3 heteroatoms. The number of rotatable bonds is 5. The van der Waals surface area contributed by atoms with Gasteiger partial charge in [-0.05, 0) is 93.7 Å². The van der Waals surface area contributed by atoms with E-state index in [9.17, 15) is 0 Å². The lowest BCUT2D eigenvalue weighted by atomic mass is 10.00. The Morgan fingerprint density at radius 3 is 1.98 bits per heavy atom. The molecule has 0 spiro atoms. The summed E-state index contributed by atoms with van der Waals surface area (Å²) in [7, 11) is 0. The molecule has 10 rings (SSSR count). The van der Waals surface area contributed by atoms with Crippen molar-refractivity contribution in [3.63, 3.8) is 0 Å². The Kier molecular flexibility index (Phi) is 6.39. The highest BCUT2D eigenvalue weighted by Crippen LogP contribution is 2.46. The number of anilines is 3. The maximum absolute atomic E-state index is 6.50. The average Bonchev–Trinajstić information content (AvgIpc) is 3.73. The molecule has 0 radical (unpaired) electrons. The zero-order valence-electron chi connectivity index (χ0n) is 26.5. The second-order valence-electron chi connectivity index (χ2n) is 12.6. The van der Waals surface area contributed by atoms with Gasteiger partial charge in [-0.25, -0.2) is 0 Å². The molecule has 0 aliphatic rings. The lowest BCUT2D eigenvalue weighted by Gasteiger charge is -2.26. The van der Waals surface area contributed by atoms with E-state index in [1.807, 2.05) is 11.3 Å². The van der Waals surface area contributed by atoms with E-state index in [1.165, 1.54) is 53.2 Å². The van der Waals surface area contributed by atoms with Crippen LogP contribution in [0.1, 0.15) is 0 Å². The minimum Gasteiger partial charge on any atom is -0.456 e. The van der Waals surface area contributed by atoms with E-state index in [0.29, 0.717) is 0 Å². The third-order valence-corrected chi connectivity index (χ3v) is 10.8. The molecule has 0 bridgehead atoms. The van der Waals surface area contributed by atoms with Gasteiger partial charge in [-0.1, -0.05) is 115 Å². The van der Waals surface area contributed by atoms with E-state index in [0.717, 1.165) is 39.0 Å². The van der Waals surface area contributed by atoms with Crippen LogP contribution >= 0.6 is 11.3 Å². The first-order valence-corrected chi connectivity index (χ1v) is 17.4. The zero-order chi connectivity index (χ0) is 32.3. The smallest absolute Gasteiger partial charge is 0.137 e. The van der Waals surface area contributed by atoms with Crippen LogP contribution < -0.4 is 4.90 Å². The number of fused-ring (bicyclic) bond motifs is 7. The molecule has 0 unspecified atom stereocenters. The summed E-state index contributed by atoms with van der Waals surface area (Å²) < 4.78 is 9.08. The van der Waals surface area contributed by atoms with Gasteiger partial charge < -0.3 is 9.32 Å². The largest absolute Gasteiger partial charge is 0.456 e. The van der Waals surface area contributed by atoms with Crippen molar-refractivity contribution in [2.24, 2.45) is 0 Å². The van der Waals surface area contributed by atoms with E-state index in [-0.39, 0.29) is 0 Å². The van der Waals surface area contributed by atoms with Crippen molar-refractivity contribution < 1.29 is 4.42 Å². The Balaban J connectivity index is 1.18. The van der Waals surface area contributed by atoms with E-state index in [2.05, 4.69) is 181 Å². The van der Waals surface area contributed by atoms with Crippen molar-refractivity contribution in [1.82, 2.24) is 0 Å². The van der Waals surface area contributed by atoms with Gasteiger partial charge in [-0.3, -0.25) is 0 Å². The Labute approximate surface area is 287 Å². The second kappa shape index (κ2) is 11.2. The number of benzene rings is 8. The Bertz CT molecular complexity index is 2830. The summed E-state index contributed by atoms with van der Waals surface area (Å²) >= 11 is 1.85. The SMILES string of the molecule is c1ccc(-c2ccc3oc4cccc(N(c5ccc(-c6ccc7ccccc7c6)cc5)c5ccc6c(c5)sc5ccccc56)c4c3c2)cc1. The topological polar surface area (TPSA) is 16.4 Å². The van der Waals surface area contributed by atoms with E-state index in [4.69, 9.17) is 4.42 Å². The van der Waals surface area contributed by atoms with Gasteiger partial charge in [0.15, 0.2) is 0 Å². The molecular weight excluding hydrogens is 615 g/mol. The summed E-state index contributed by atoms with van der Waals surface area (Å²) in [6.07, 6.45) is 0. The molecule has 49 heavy (non-hydrogen) atoms. The fraction of sp³-hybridized carbons (Fsp3) is 0. The van der Waals surface area contributed by atoms with Crippen LogP contribution in [-0.4, -0.2) is 0 Å². The molecule has 0 atom stereocenters. The third kappa shape index (κ3) is 4.70. The molecule has 2 nitrogen and oxygen atoms in total. The first-order chi connectivity index (χ1) is 24.3. The van der Waals surface area contributed by atoms with Gasteiger partial charge in [0.1, 0.15) is 11.2 Å². The number of hydrogen-bond acceptors (Lipinski definition) is 3. The van der Waals surface area contributed by atoms with Crippen LogP contribution in [0.15, 0.2) is 180 Å². The van der Waals surface area contributed by atoms with Crippen LogP contribution in [0.4, 0.5) is 17.1 Å². The molecule has 10 aromatic rings. The Morgan fingerprint density at radius 2 is 1.08 bits per heavy atom. The fourth-order valence-electron chi connectivity index (χ4n) is 7.26. The van der Waals surface area contributed by atoms with Crippen molar-refractivity contribution in [3.8, 4) is 22.3 Å². The van der Waals surface area contributed by atoms with Crippen molar-refractivity contribution in [2.75, 3.05) is 4.90 Å². The second-order valence-corrected chi connectivity index (χ2v) is 13.6. The van der Waals surface area contributed by atoms with Gasteiger partial charge in [0, 0.05) is 36.9 Å². The normalized spacial score (nSPS) is 11.7. The Morgan fingerprint density at radius 1 is 0.388 bits per heavy atom. The van der Waals surface area contributed by atoms with Crippen LogP contribution in [0.3, 0.4) is 0 Å². The highest BCUT2D eigenvalue weighted by Gasteiger charge is 2.21. The zero-order valence-corrected chi connectivity index (χ0v) is 27.3. The van der Waals surface area contributed by atoms with Crippen molar-refractivity contribution in [1.29, 1.82) is 0 Å². The number of hydrogen-bond donors (Lipinski definition) is 0. The molecule has 0 saturated heterocycles. The van der Waals surface area contributed by atoms with Crippen LogP contribution in [0.25, 0.3) is 75.1 Å². The monoisotopic (exact) mass is 643 g/mol. The van der Waals surface area contributed by atoms with Gasteiger partial charge in [-0.15, -0.1) is 11.3 Å². The molecule has 0 N–H and O–H groups in total. The van der Waals surface area contributed by atoms with E-state index in [1.54, 1.807) is 0 Å². The van der Waals surface area contributed by atoms with Gasteiger partial charge >= 0.3 is 0 Å². The third-order valence-electron chi connectivity index (χ3n) is 9.65. The maximum atomic E-state index is 6.50. The van der Waals surface area contributed by atoms with E-state index < -0.39 is 0 Å². The summed E-state index contributed by atoms with van der Waals surface area (Å²) in [5, 5.41) is 7.29. The summed E-state index contributed by atoms with van der Waals surface area (Å²) in [4.78, 5) is 2.39. The summed E-state index contributed by atoms with van der Waals surface area (Å²) in [5.41, 5.74) is 9.79. The van der Waals surface area contributed by atoms with Crippen LogP contribution in [0.5, 0.6) is 0 Å². The van der Waals surface area contributed by atoms with Gasteiger partial charge in [-0.2, -0.15) is 0 Å². The molecule has 2 heterocycles. The average molecular weight is 644 g/mol. The highest BCUT2D eigenvalue weighted by molar-refractivity contribution is 7.25. The molecule has 0 fully saturated rings. The predicted octanol–water partition coefficient (Wildman–Crippen LogP) is 13.9. The first kappa shape index (κ1) is 27.9. The maximum Gasteiger partial charge on any atom is 0.137 e. The molecule has 0 saturated carbocycles. The minimum atomic E-state index is 0.874. The summed E-state index contributed by atoms with van der Waals surface area (Å²) in [6.45, 7) is 0. The van der Waals surface area contributed by atoms with Crippen LogP contribution in [0, 0.1) is 0 Å². The number of thiophene rings is 1. The van der Waals surface area contributed by atoms with Crippen molar-refractivity contribution >= 4 is 81.3 Å². The molecule has 2 aromatic heterocycles. The number of nitrogens with zero attached hydrogens (tertiary/aromatic N) is 1. The molecular formula is C46H29NOS. The predicted molar refractivity (Wildman–Crippen MR) is 210 cm³/mol. The van der Waals surface area contributed by atoms with Crippen molar-refractivity contribution in [3.05, 3.63) is 176 Å². The Hall–Kier alpha value is -6.16. The highest BCUT2D eigenvalue weighted by atomic mass is 32.1. The van der Waals surface area contributed by atoms with Gasteiger partial charge in [0.05, 0.1) is 11.1 Å². The molecule has 0 amide bonds. The lowest BCUT2D eigenvalue weighted by molar-refractivity contribution is 0.669. The first-order valence-electron chi connectivity index (χ1n) is 16.6. The van der Waals surface area contributed by atoms with Crippen LogP contribution in [0.2, 0.25) is 0 Å². The molecule has 8 aromatic carbocycles. The minimum absolute atomic E-state index is 0.874. The number of furan rings is 1. The van der Waals surface area contributed by atoms with Gasteiger partial charge in [0.25, 0.3) is 0 Å². The van der Waals surface area contributed by atoms with E-state index >= 15 is 0 Å².